The van der Waals surface area contributed by atoms with Gasteiger partial charge in [0.1, 0.15) is 0 Å². The summed E-state index contributed by atoms with van der Waals surface area (Å²) in [5.41, 5.74) is 2.48. The van der Waals surface area contributed by atoms with Gasteiger partial charge in [-0.1, -0.05) is 24.3 Å². The second kappa shape index (κ2) is 7.88. The molecule has 1 aromatic carbocycles. The molecule has 1 aliphatic heterocycles. The van der Waals surface area contributed by atoms with E-state index in [0.29, 0.717) is 6.61 Å². The Morgan fingerprint density at radius 1 is 1.36 bits per heavy atom. The van der Waals surface area contributed by atoms with Gasteiger partial charge in [0.2, 0.25) is 0 Å². The molecule has 0 aromatic heterocycles. The van der Waals surface area contributed by atoms with E-state index in [1.807, 2.05) is 18.8 Å². The van der Waals surface area contributed by atoms with Crippen LogP contribution in [0.1, 0.15) is 25.0 Å². The number of nitrogens with zero attached hydrogens (tertiary/aromatic N) is 2. The SMILES string of the molecule is CN=C(NCc1ccccc1COC)N1CCSC(C)(C)C1. The first-order valence-corrected chi connectivity index (χ1v) is 8.69. The fourth-order valence-electron chi connectivity index (χ4n) is 2.73. The van der Waals surface area contributed by atoms with Gasteiger partial charge in [-0.3, -0.25) is 4.99 Å². The Kier molecular flexibility index (Phi) is 6.15. The monoisotopic (exact) mass is 321 g/mol. The van der Waals surface area contributed by atoms with E-state index in [1.54, 1.807) is 7.11 Å². The van der Waals surface area contributed by atoms with E-state index in [4.69, 9.17) is 4.74 Å². The topological polar surface area (TPSA) is 36.9 Å². The molecule has 5 heteroatoms. The molecule has 0 spiro atoms. The number of nitrogens with one attached hydrogen (secondary N) is 1. The van der Waals surface area contributed by atoms with Crippen LogP contribution in [-0.4, -0.2) is 48.6 Å². The van der Waals surface area contributed by atoms with Gasteiger partial charge in [0.05, 0.1) is 6.61 Å². The zero-order valence-electron chi connectivity index (χ0n) is 14.1. The molecule has 0 bridgehead atoms. The average molecular weight is 321 g/mol. The third-order valence-electron chi connectivity index (χ3n) is 3.79. The minimum Gasteiger partial charge on any atom is -0.380 e. The van der Waals surface area contributed by atoms with Gasteiger partial charge in [-0.2, -0.15) is 11.8 Å². The number of methoxy groups -OCH3 is 1. The van der Waals surface area contributed by atoms with E-state index in [0.717, 1.165) is 31.3 Å². The maximum absolute atomic E-state index is 5.27. The van der Waals surface area contributed by atoms with Gasteiger partial charge in [0.25, 0.3) is 0 Å². The molecular weight excluding hydrogens is 294 g/mol. The van der Waals surface area contributed by atoms with E-state index in [1.165, 1.54) is 11.1 Å². The summed E-state index contributed by atoms with van der Waals surface area (Å²) in [6.07, 6.45) is 0. The second-order valence-electron chi connectivity index (χ2n) is 6.13. The zero-order valence-corrected chi connectivity index (χ0v) is 14.9. The van der Waals surface area contributed by atoms with Crippen LogP contribution in [0, 0.1) is 0 Å². The van der Waals surface area contributed by atoms with Crippen molar-refractivity contribution >= 4 is 17.7 Å². The molecule has 1 saturated heterocycles. The lowest BCUT2D eigenvalue weighted by molar-refractivity contribution is 0.184. The van der Waals surface area contributed by atoms with Gasteiger partial charge < -0.3 is 15.0 Å². The van der Waals surface area contributed by atoms with Crippen molar-refractivity contribution in [3.8, 4) is 0 Å². The Balaban J connectivity index is 2.00. The van der Waals surface area contributed by atoms with Crippen LogP contribution in [0.3, 0.4) is 0 Å². The van der Waals surface area contributed by atoms with Crippen LogP contribution >= 0.6 is 11.8 Å². The molecular formula is C17H27N3OS. The molecule has 0 unspecified atom stereocenters. The summed E-state index contributed by atoms with van der Waals surface area (Å²) in [5.74, 6) is 2.13. The highest BCUT2D eigenvalue weighted by Crippen LogP contribution is 2.29. The molecule has 1 fully saturated rings. The van der Waals surface area contributed by atoms with E-state index < -0.39 is 0 Å². The third kappa shape index (κ3) is 4.65. The van der Waals surface area contributed by atoms with Gasteiger partial charge in [-0.05, 0) is 25.0 Å². The number of hydrogen-bond donors (Lipinski definition) is 1. The fourth-order valence-corrected chi connectivity index (χ4v) is 3.84. The summed E-state index contributed by atoms with van der Waals surface area (Å²) >= 11 is 2.03. The Hall–Kier alpha value is -1.20. The van der Waals surface area contributed by atoms with Crippen molar-refractivity contribution in [3.05, 3.63) is 35.4 Å². The predicted molar refractivity (Wildman–Crippen MR) is 95.5 cm³/mol. The maximum atomic E-state index is 5.27. The normalized spacial score (nSPS) is 18.4. The molecule has 1 heterocycles. The predicted octanol–water partition coefficient (Wildman–Crippen LogP) is 2.74. The molecule has 0 atom stereocenters. The van der Waals surface area contributed by atoms with Crippen LogP contribution in [0.15, 0.2) is 29.3 Å². The van der Waals surface area contributed by atoms with Crippen LogP contribution in [0.4, 0.5) is 0 Å². The molecule has 1 aromatic rings. The van der Waals surface area contributed by atoms with E-state index in [9.17, 15) is 0 Å². The zero-order chi connectivity index (χ0) is 16.0. The summed E-state index contributed by atoms with van der Waals surface area (Å²) in [5, 5.41) is 3.50. The van der Waals surface area contributed by atoms with Crippen molar-refractivity contribution in [2.75, 3.05) is 33.0 Å². The van der Waals surface area contributed by atoms with Gasteiger partial charge in [-0.25, -0.2) is 0 Å². The van der Waals surface area contributed by atoms with Gasteiger partial charge >= 0.3 is 0 Å². The van der Waals surface area contributed by atoms with Crippen LogP contribution < -0.4 is 5.32 Å². The standard InChI is InChI=1S/C17H27N3OS/c1-17(2)13-20(9-10-22-17)16(18-3)19-11-14-7-5-6-8-15(14)12-21-4/h5-8H,9-13H2,1-4H3,(H,18,19). The Bertz CT molecular complexity index is 516. The lowest BCUT2D eigenvalue weighted by atomic mass is 10.1. The quantitative estimate of drug-likeness (QED) is 0.683. The molecule has 1 aliphatic rings. The van der Waals surface area contributed by atoms with Crippen molar-refractivity contribution in [2.24, 2.45) is 4.99 Å². The summed E-state index contributed by atoms with van der Waals surface area (Å²) in [6.45, 7) is 8.08. The Labute approximate surface area is 138 Å². The smallest absolute Gasteiger partial charge is 0.193 e. The van der Waals surface area contributed by atoms with Crippen LogP contribution in [0.25, 0.3) is 0 Å². The van der Waals surface area contributed by atoms with Crippen molar-refractivity contribution in [2.45, 2.75) is 31.7 Å². The summed E-state index contributed by atoms with van der Waals surface area (Å²) < 4.78 is 5.56. The van der Waals surface area contributed by atoms with E-state index in [2.05, 4.69) is 53.3 Å². The molecule has 0 amide bonds. The maximum Gasteiger partial charge on any atom is 0.193 e. The van der Waals surface area contributed by atoms with E-state index >= 15 is 0 Å². The minimum atomic E-state index is 0.282. The summed E-state index contributed by atoms with van der Waals surface area (Å²) in [4.78, 5) is 6.82. The average Bonchev–Trinajstić information content (AvgIpc) is 2.49. The largest absolute Gasteiger partial charge is 0.380 e. The number of thioether (sulfide) groups is 1. The molecule has 0 radical (unpaired) electrons. The second-order valence-corrected chi connectivity index (χ2v) is 7.93. The number of benzene rings is 1. The van der Waals surface area contributed by atoms with Crippen molar-refractivity contribution in [3.63, 3.8) is 0 Å². The van der Waals surface area contributed by atoms with E-state index in [-0.39, 0.29) is 4.75 Å². The lowest BCUT2D eigenvalue weighted by Gasteiger charge is -2.39. The number of guanidine groups is 1. The highest BCUT2D eigenvalue weighted by molar-refractivity contribution is 8.00. The van der Waals surface area contributed by atoms with Gasteiger partial charge in [-0.15, -0.1) is 0 Å². The summed E-state index contributed by atoms with van der Waals surface area (Å²) in [7, 11) is 3.59. The van der Waals surface area contributed by atoms with Gasteiger partial charge in [0, 0.05) is 44.3 Å². The summed E-state index contributed by atoms with van der Waals surface area (Å²) in [6, 6.07) is 8.38. The minimum absolute atomic E-state index is 0.282. The highest BCUT2D eigenvalue weighted by atomic mass is 32.2. The number of rotatable bonds is 4. The number of hydrogen-bond acceptors (Lipinski definition) is 3. The van der Waals surface area contributed by atoms with Crippen LogP contribution in [-0.2, 0) is 17.9 Å². The molecule has 22 heavy (non-hydrogen) atoms. The molecule has 0 aliphatic carbocycles. The first kappa shape index (κ1) is 17.2. The number of ether oxygens (including phenoxy) is 1. The van der Waals surface area contributed by atoms with Crippen molar-refractivity contribution in [1.82, 2.24) is 10.2 Å². The van der Waals surface area contributed by atoms with Crippen molar-refractivity contribution < 1.29 is 4.74 Å². The molecule has 0 saturated carbocycles. The molecule has 1 N–H and O–H groups in total. The Morgan fingerprint density at radius 3 is 2.73 bits per heavy atom. The Morgan fingerprint density at radius 2 is 2.09 bits per heavy atom. The van der Waals surface area contributed by atoms with Gasteiger partial charge in [0.15, 0.2) is 5.96 Å². The first-order valence-electron chi connectivity index (χ1n) is 7.71. The molecule has 4 nitrogen and oxygen atoms in total. The third-order valence-corrected chi connectivity index (χ3v) is 5.09. The van der Waals surface area contributed by atoms with Crippen molar-refractivity contribution in [1.29, 1.82) is 0 Å². The molecule has 122 valence electrons. The fraction of sp³-hybridized carbons (Fsp3) is 0.588. The highest BCUT2D eigenvalue weighted by Gasteiger charge is 2.28. The first-order chi connectivity index (χ1) is 10.6. The van der Waals surface area contributed by atoms with Crippen LogP contribution in [0.5, 0.6) is 0 Å². The number of aliphatic imine (C=N–C) groups is 1. The molecule has 2 rings (SSSR count). The lowest BCUT2D eigenvalue weighted by Crippen LogP contribution is -2.50. The van der Waals surface area contributed by atoms with Crippen LogP contribution in [0.2, 0.25) is 0 Å².